The van der Waals surface area contributed by atoms with Crippen molar-refractivity contribution in [2.45, 2.75) is 0 Å². The van der Waals surface area contributed by atoms with E-state index in [1.165, 1.54) is 6.20 Å². The van der Waals surface area contributed by atoms with Crippen LogP contribution in [0.3, 0.4) is 0 Å². The van der Waals surface area contributed by atoms with Crippen molar-refractivity contribution in [3.63, 3.8) is 0 Å². The Morgan fingerprint density at radius 3 is 2.86 bits per heavy atom. The van der Waals surface area contributed by atoms with Crippen molar-refractivity contribution in [3.05, 3.63) is 34.9 Å². The standard InChI is InChI=1S/C10H10N2O2/c1-12(2)8-4-3-7-6-11-10(13)14-9(7)5-8/h3-6H,1-2H3. The van der Waals surface area contributed by atoms with E-state index in [2.05, 4.69) is 4.98 Å². The first-order chi connectivity index (χ1) is 6.66. The van der Waals surface area contributed by atoms with Gasteiger partial charge in [-0.3, -0.25) is 0 Å². The van der Waals surface area contributed by atoms with Gasteiger partial charge in [-0.25, -0.2) is 4.79 Å². The largest absolute Gasteiger partial charge is 0.439 e. The van der Waals surface area contributed by atoms with Crippen molar-refractivity contribution >= 4 is 16.7 Å². The van der Waals surface area contributed by atoms with E-state index in [-0.39, 0.29) is 0 Å². The lowest BCUT2D eigenvalue weighted by molar-refractivity contribution is 0.531. The molecule has 0 aliphatic carbocycles. The van der Waals surface area contributed by atoms with Crippen LogP contribution in [-0.4, -0.2) is 19.1 Å². The van der Waals surface area contributed by atoms with E-state index in [1.807, 2.05) is 37.2 Å². The average molecular weight is 190 g/mol. The van der Waals surface area contributed by atoms with Gasteiger partial charge in [0, 0.05) is 37.4 Å². The third-order valence-electron chi connectivity index (χ3n) is 2.02. The lowest BCUT2D eigenvalue weighted by Crippen LogP contribution is -2.08. The van der Waals surface area contributed by atoms with E-state index in [9.17, 15) is 4.79 Å². The van der Waals surface area contributed by atoms with Crippen molar-refractivity contribution < 1.29 is 4.42 Å². The zero-order valence-corrected chi connectivity index (χ0v) is 8.02. The van der Waals surface area contributed by atoms with Crippen LogP contribution in [0.15, 0.2) is 33.6 Å². The smallest absolute Gasteiger partial charge is 0.408 e. The van der Waals surface area contributed by atoms with Crippen molar-refractivity contribution in [3.8, 4) is 0 Å². The van der Waals surface area contributed by atoms with E-state index < -0.39 is 5.76 Å². The molecular formula is C10H10N2O2. The van der Waals surface area contributed by atoms with Gasteiger partial charge in [0.05, 0.1) is 0 Å². The van der Waals surface area contributed by atoms with E-state index in [1.54, 1.807) is 0 Å². The Labute approximate surface area is 80.8 Å². The molecule has 1 aromatic carbocycles. The summed E-state index contributed by atoms with van der Waals surface area (Å²) >= 11 is 0. The quantitative estimate of drug-likeness (QED) is 0.679. The molecule has 1 heterocycles. The fourth-order valence-corrected chi connectivity index (χ4v) is 1.24. The van der Waals surface area contributed by atoms with Crippen molar-refractivity contribution in [1.82, 2.24) is 4.98 Å². The second kappa shape index (κ2) is 3.14. The molecule has 0 bridgehead atoms. The monoisotopic (exact) mass is 190 g/mol. The van der Waals surface area contributed by atoms with Crippen LogP contribution in [0.25, 0.3) is 11.0 Å². The Balaban J connectivity index is 2.69. The number of anilines is 1. The van der Waals surface area contributed by atoms with Gasteiger partial charge in [-0.1, -0.05) is 0 Å². The first-order valence-electron chi connectivity index (χ1n) is 4.24. The van der Waals surface area contributed by atoms with Gasteiger partial charge in [-0.05, 0) is 12.1 Å². The zero-order chi connectivity index (χ0) is 10.1. The fraction of sp³-hybridized carbons (Fsp3) is 0.200. The molecule has 4 heteroatoms. The molecule has 0 spiro atoms. The molecular weight excluding hydrogens is 180 g/mol. The molecule has 0 amide bonds. The summed E-state index contributed by atoms with van der Waals surface area (Å²) < 4.78 is 4.96. The maximum Gasteiger partial charge on any atom is 0.439 e. The van der Waals surface area contributed by atoms with Gasteiger partial charge >= 0.3 is 5.76 Å². The predicted molar refractivity (Wildman–Crippen MR) is 54.6 cm³/mol. The Kier molecular flexibility index (Phi) is 1.96. The summed E-state index contributed by atoms with van der Waals surface area (Å²) in [7, 11) is 3.86. The summed E-state index contributed by atoms with van der Waals surface area (Å²) in [5.74, 6) is -0.562. The first-order valence-corrected chi connectivity index (χ1v) is 4.24. The van der Waals surface area contributed by atoms with Gasteiger partial charge in [-0.2, -0.15) is 4.98 Å². The average Bonchev–Trinajstić information content (AvgIpc) is 2.16. The number of aromatic nitrogens is 1. The number of hydrogen-bond donors (Lipinski definition) is 0. The van der Waals surface area contributed by atoms with E-state index in [4.69, 9.17) is 4.42 Å². The maximum absolute atomic E-state index is 10.9. The predicted octanol–water partition coefficient (Wildman–Crippen LogP) is 1.25. The molecule has 4 nitrogen and oxygen atoms in total. The normalized spacial score (nSPS) is 10.4. The maximum atomic E-state index is 10.9. The van der Waals surface area contributed by atoms with E-state index >= 15 is 0 Å². The molecule has 0 aliphatic heterocycles. The summed E-state index contributed by atoms with van der Waals surface area (Å²) in [5.41, 5.74) is 1.56. The number of benzene rings is 1. The highest BCUT2D eigenvalue weighted by molar-refractivity contribution is 5.79. The van der Waals surface area contributed by atoms with Crippen LogP contribution in [0.4, 0.5) is 5.69 Å². The Morgan fingerprint density at radius 1 is 1.36 bits per heavy atom. The van der Waals surface area contributed by atoms with Crippen molar-refractivity contribution in [2.24, 2.45) is 0 Å². The van der Waals surface area contributed by atoms with Gasteiger partial charge in [-0.15, -0.1) is 0 Å². The van der Waals surface area contributed by atoms with Crippen molar-refractivity contribution in [2.75, 3.05) is 19.0 Å². The molecule has 0 aliphatic rings. The third-order valence-corrected chi connectivity index (χ3v) is 2.02. The highest BCUT2D eigenvalue weighted by Gasteiger charge is 2.00. The second-order valence-corrected chi connectivity index (χ2v) is 3.24. The summed E-state index contributed by atoms with van der Waals surface area (Å²) in [6, 6.07) is 5.64. The van der Waals surface area contributed by atoms with Crippen LogP contribution in [0.5, 0.6) is 0 Å². The Hall–Kier alpha value is -1.84. The lowest BCUT2D eigenvalue weighted by Gasteiger charge is -2.11. The summed E-state index contributed by atoms with van der Waals surface area (Å²) in [4.78, 5) is 16.4. The highest BCUT2D eigenvalue weighted by Crippen LogP contribution is 2.18. The van der Waals surface area contributed by atoms with Crippen LogP contribution >= 0.6 is 0 Å². The minimum Gasteiger partial charge on any atom is -0.408 e. The zero-order valence-electron chi connectivity index (χ0n) is 8.02. The number of rotatable bonds is 1. The Bertz CT molecular complexity index is 517. The fourth-order valence-electron chi connectivity index (χ4n) is 1.24. The first kappa shape index (κ1) is 8.74. The molecule has 2 rings (SSSR count). The number of fused-ring (bicyclic) bond motifs is 1. The van der Waals surface area contributed by atoms with Gasteiger partial charge in [0.15, 0.2) is 0 Å². The number of hydrogen-bond acceptors (Lipinski definition) is 4. The summed E-state index contributed by atoms with van der Waals surface area (Å²) in [5, 5.41) is 0.829. The number of nitrogens with zero attached hydrogens (tertiary/aromatic N) is 2. The molecule has 0 N–H and O–H groups in total. The van der Waals surface area contributed by atoms with E-state index in [0.29, 0.717) is 5.58 Å². The summed E-state index contributed by atoms with van der Waals surface area (Å²) in [6.07, 6.45) is 1.51. The minimum atomic E-state index is -0.562. The Morgan fingerprint density at radius 2 is 2.14 bits per heavy atom. The molecule has 14 heavy (non-hydrogen) atoms. The molecule has 0 saturated carbocycles. The SMILES string of the molecule is CN(C)c1ccc2cnc(=O)oc2c1. The second-order valence-electron chi connectivity index (χ2n) is 3.24. The van der Waals surface area contributed by atoms with Gasteiger partial charge < -0.3 is 9.32 Å². The summed E-state index contributed by atoms with van der Waals surface area (Å²) in [6.45, 7) is 0. The van der Waals surface area contributed by atoms with Gasteiger partial charge in [0.25, 0.3) is 0 Å². The van der Waals surface area contributed by atoms with Crippen LogP contribution in [-0.2, 0) is 0 Å². The van der Waals surface area contributed by atoms with Crippen LogP contribution in [0, 0.1) is 0 Å². The van der Waals surface area contributed by atoms with Crippen LogP contribution in [0.2, 0.25) is 0 Å². The topological polar surface area (TPSA) is 46.3 Å². The van der Waals surface area contributed by atoms with Crippen molar-refractivity contribution in [1.29, 1.82) is 0 Å². The molecule has 72 valence electrons. The van der Waals surface area contributed by atoms with E-state index in [0.717, 1.165) is 11.1 Å². The minimum absolute atomic E-state index is 0.562. The third kappa shape index (κ3) is 1.46. The van der Waals surface area contributed by atoms with Crippen LogP contribution < -0.4 is 10.7 Å². The molecule has 0 saturated heterocycles. The van der Waals surface area contributed by atoms with Gasteiger partial charge in [0.1, 0.15) is 5.58 Å². The highest BCUT2D eigenvalue weighted by atomic mass is 16.4. The van der Waals surface area contributed by atoms with Gasteiger partial charge in [0.2, 0.25) is 0 Å². The molecule has 1 aromatic heterocycles. The molecule has 0 atom stereocenters. The molecule has 0 radical (unpaired) electrons. The lowest BCUT2D eigenvalue weighted by atomic mass is 10.2. The molecule has 0 fully saturated rings. The molecule has 2 aromatic rings. The van der Waals surface area contributed by atoms with Crippen LogP contribution in [0.1, 0.15) is 0 Å². The molecule has 0 unspecified atom stereocenters.